The minimum atomic E-state index is 0.617. The van der Waals surface area contributed by atoms with Gasteiger partial charge in [-0.1, -0.05) is 0 Å². The Balaban J connectivity index is 2.63. The lowest BCUT2D eigenvalue weighted by molar-refractivity contribution is 0.341. The molecular formula is C8H10N4O. The van der Waals surface area contributed by atoms with Crippen molar-refractivity contribution in [1.82, 2.24) is 19.8 Å². The number of fused-ring (bicyclic) bond motifs is 1. The van der Waals surface area contributed by atoms with Crippen molar-refractivity contribution in [3.63, 3.8) is 0 Å². The summed E-state index contributed by atoms with van der Waals surface area (Å²) in [7, 11) is 0. The van der Waals surface area contributed by atoms with Crippen molar-refractivity contribution in [1.29, 1.82) is 0 Å². The highest BCUT2D eigenvalue weighted by molar-refractivity contribution is 5.51. The van der Waals surface area contributed by atoms with Crippen LogP contribution in [0.2, 0.25) is 0 Å². The molecule has 0 aliphatic carbocycles. The molecule has 0 amide bonds. The van der Waals surface area contributed by atoms with E-state index in [1.165, 1.54) is 0 Å². The molecule has 2 aromatic heterocycles. The van der Waals surface area contributed by atoms with Crippen molar-refractivity contribution in [3.05, 3.63) is 18.1 Å². The Hall–Kier alpha value is -1.65. The van der Waals surface area contributed by atoms with E-state index < -0.39 is 0 Å². The highest BCUT2D eigenvalue weighted by Crippen LogP contribution is 2.16. The molecule has 0 fully saturated rings. The van der Waals surface area contributed by atoms with Crippen LogP contribution in [0.15, 0.2) is 12.4 Å². The first-order valence-corrected chi connectivity index (χ1v) is 4.11. The quantitative estimate of drug-likeness (QED) is 0.683. The summed E-state index contributed by atoms with van der Waals surface area (Å²) < 4.78 is 7.01. The molecule has 0 atom stereocenters. The maximum atomic E-state index is 5.39. The summed E-state index contributed by atoms with van der Waals surface area (Å²) in [5.41, 5.74) is 1.54. The third-order valence-corrected chi connectivity index (χ3v) is 1.66. The number of rotatable bonds is 2. The second-order valence-corrected chi connectivity index (χ2v) is 2.68. The van der Waals surface area contributed by atoms with Crippen LogP contribution in [0.25, 0.3) is 5.65 Å². The van der Waals surface area contributed by atoms with Gasteiger partial charge in [-0.25, -0.2) is 0 Å². The van der Waals surface area contributed by atoms with Crippen molar-refractivity contribution in [2.24, 2.45) is 0 Å². The third kappa shape index (κ3) is 1.32. The molecular weight excluding hydrogens is 168 g/mol. The molecule has 68 valence electrons. The average molecular weight is 178 g/mol. The Morgan fingerprint density at radius 2 is 2.38 bits per heavy atom. The van der Waals surface area contributed by atoms with Crippen LogP contribution < -0.4 is 4.74 Å². The average Bonchev–Trinajstić information content (AvgIpc) is 2.52. The van der Waals surface area contributed by atoms with Gasteiger partial charge in [0, 0.05) is 6.07 Å². The molecule has 5 heteroatoms. The number of hydrogen-bond donors (Lipinski definition) is 0. The van der Waals surface area contributed by atoms with Gasteiger partial charge in [-0.3, -0.25) is 0 Å². The van der Waals surface area contributed by atoms with Gasteiger partial charge in [0.1, 0.15) is 6.33 Å². The molecule has 2 rings (SSSR count). The lowest BCUT2D eigenvalue weighted by atomic mass is 10.4. The molecule has 0 saturated heterocycles. The first-order valence-electron chi connectivity index (χ1n) is 4.11. The third-order valence-electron chi connectivity index (χ3n) is 1.66. The SMILES string of the molecule is CCOc1cc(C)nn2cnnc12. The van der Waals surface area contributed by atoms with E-state index in [2.05, 4.69) is 15.3 Å². The van der Waals surface area contributed by atoms with E-state index >= 15 is 0 Å². The topological polar surface area (TPSA) is 52.3 Å². The van der Waals surface area contributed by atoms with Gasteiger partial charge in [0.25, 0.3) is 0 Å². The lowest BCUT2D eigenvalue weighted by Gasteiger charge is -2.03. The molecule has 0 saturated carbocycles. The summed E-state index contributed by atoms with van der Waals surface area (Å²) in [6.45, 7) is 4.45. The van der Waals surface area contributed by atoms with E-state index in [1.54, 1.807) is 10.8 Å². The summed E-state index contributed by atoms with van der Waals surface area (Å²) in [5.74, 6) is 0.729. The largest absolute Gasteiger partial charge is 0.490 e. The summed E-state index contributed by atoms with van der Waals surface area (Å²) in [5, 5.41) is 11.8. The molecule has 0 spiro atoms. The van der Waals surface area contributed by atoms with E-state index in [4.69, 9.17) is 4.74 Å². The summed E-state index contributed by atoms with van der Waals surface area (Å²) >= 11 is 0. The second kappa shape index (κ2) is 3.01. The molecule has 2 aromatic rings. The van der Waals surface area contributed by atoms with E-state index in [0.29, 0.717) is 12.3 Å². The first-order chi connectivity index (χ1) is 6.31. The number of ether oxygens (including phenoxy) is 1. The fraction of sp³-hybridized carbons (Fsp3) is 0.375. The summed E-state index contributed by atoms with van der Waals surface area (Å²) in [6, 6.07) is 1.85. The Bertz CT molecular complexity index is 423. The van der Waals surface area contributed by atoms with E-state index in [9.17, 15) is 0 Å². The Morgan fingerprint density at radius 1 is 1.54 bits per heavy atom. The Morgan fingerprint density at radius 3 is 3.15 bits per heavy atom. The van der Waals surface area contributed by atoms with E-state index in [1.807, 2.05) is 19.9 Å². The molecule has 0 aromatic carbocycles. The molecule has 0 radical (unpaired) electrons. The highest BCUT2D eigenvalue weighted by Gasteiger charge is 2.05. The zero-order chi connectivity index (χ0) is 9.26. The Labute approximate surface area is 75.4 Å². The molecule has 0 unspecified atom stereocenters. The van der Waals surface area contributed by atoms with Crippen LogP contribution >= 0.6 is 0 Å². The second-order valence-electron chi connectivity index (χ2n) is 2.68. The fourth-order valence-corrected chi connectivity index (χ4v) is 1.18. The standard InChI is InChI=1S/C8H10N4O/c1-3-13-7-4-6(2)11-12-5-9-10-8(7)12/h4-5H,3H2,1-2H3. The number of nitrogens with zero attached hydrogens (tertiary/aromatic N) is 4. The maximum absolute atomic E-state index is 5.39. The van der Waals surface area contributed by atoms with Gasteiger partial charge in [0.2, 0.25) is 5.65 Å². The van der Waals surface area contributed by atoms with Gasteiger partial charge >= 0.3 is 0 Å². The smallest absolute Gasteiger partial charge is 0.219 e. The molecule has 0 aliphatic rings. The molecule has 0 N–H and O–H groups in total. The van der Waals surface area contributed by atoms with Gasteiger partial charge in [-0.05, 0) is 13.8 Å². The molecule has 2 heterocycles. The van der Waals surface area contributed by atoms with Crippen LogP contribution in [0.5, 0.6) is 5.75 Å². The number of aryl methyl sites for hydroxylation is 1. The van der Waals surface area contributed by atoms with Crippen molar-refractivity contribution >= 4 is 5.65 Å². The maximum Gasteiger partial charge on any atom is 0.219 e. The number of aromatic nitrogens is 4. The van der Waals surface area contributed by atoms with Crippen molar-refractivity contribution < 1.29 is 4.74 Å². The number of hydrogen-bond acceptors (Lipinski definition) is 4. The van der Waals surface area contributed by atoms with Gasteiger partial charge in [-0.15, -0.1) is 10.2 Å². The molecule has 0 aliphatic heterocycles. The molecule has 5 nitrogen and oxygen atoms in total. The fourth-order valence-electron chi connectivity index (χ4n) is 1.18. The lowest BCUT2D eigenvalue weighted by Crippen LogP contribution is -1.99. The van der Waals surface area contributed by atoms with Crippen molar-refractivity contribution in [2.75, 3.05) is 6.61 Å². The predicted molar refractivity (Wildman–Crippen MR) is 46.7 cm³/mol. The van der Waals surface area contributed by atoms with Crippen LogP contribution in [0.3, 0.4) is 0 Å². The van der Waals surface area contributed by atoms with Crippen molar-refractivity contribution in [3.8, 4) is 5.75 Å². The van der Waals surface area contributed by atoms with E-state index in [-0.39, 0.29) is 0 Å². The normalized spacial score (nSPS) is 10.6. The van der Waals surface area contributed by atoms with Crippen LogP contribution in [0.4, 0.5) is 0 Å². The van der Waals surface area contributed by atoms with Gasteiger partial charge in [0.05, 0.1) is 12.3 Å². The van der Waals surface area contributed by atoms with Gasteiger partial charge in [0.15, 0.2) is 5.75 Å². The molecule has 13 heavy (non-hydrogen) atoms. The van der Waals surface area contributed by atoms with Gasteiger partial charge in [-0.2, -0.15) is 9.61 Å². The zero-order valence-electron chi connectivity index (χ0n) is 7.56. The summed E-state index contributed by atoms with van der Waals surface area (Å²) in [6.07, 6.45) is 1.56. The van der Waals surface area contributed by atoms with Crippen LogP contribution in [0.1, 0.15) is 12.6 Å². The minimum absolute atomic E-state index is 0.617. The predicted octanol–water partition coefficient (Wildman–Crippen LogP) is 0.831. The monoisotopic (exact) mass is 178 g/mol. The first kappa shape index (κ1) is 7.97. The van der Waals surface area contributed by atoms with Crippen LogP contribution in [-0.2, 0) is 0 Å². The summed E-state index contributed by atoms with van der Waals surface area (Å²) in [4.78, 5) is 0. The van der Waals surface area contributed by atoms with Crippen molar-refractivity contribution in [2.45, 2.75) is 13.8 Å². The van der Waals surface area contributed by atoms with Crippen LogP contribution in [-0.4, -0.2) is 26.4 Å². The zero-order valence-corrected chi connectivity index (χ0v) is 7.56. The molecule has 0 bridgehead atoms. The minimum Gasteiger partial charge on any atom is -0.490 e. The van der Waals surface area contributed by atoms with Crippen LogP contribution in [0, 0.1) is 6.92 Å². The Kier molecular flexibility index (Phi) is 1.84. The van der Waals surface area contributed by atoms with Gasteiger partial charge < -0.3 is 4.74 Å². The van der Waals surface area contributed by atoms with E-state index in [0.717, 1.165) is 11.4 Å². The highest BCUT2D eigenvalue weighted by atomic mass is 16.5.